The highest BCUT2D eigenvalue weighted by Gasteiger charge is 2.16. The fraction of sp³-hybridized carbons (Fsp3) is 0.318. The van der Waals surface area contributed by atoms with Gasteiger partial charge in [-0.25, -0.2) is 4.98 Å². The molecular weight excluding hydrogens is 334 g/mol. The molecule has 5 heteroatoms. The van der Waals surface area contributed by atoms with Crippen molar-refractivity contribution < 1.29 is 0 Å². The van der Waals surface area contributed by atoms with Crippen molar-refractivity contribution in [2.24, 2.45) is 0 Å². The number of rotatable bonds is 7. The van der Waals surface area contributed by atoms with Crippen LogP contribution in [0.5, 0.6) is 0 Å². The highest BCUT2D eigenvalue weighted by Crippen LogP contribution is 2.24. The van der Waals surface area contributed by atoms with Gasteiger partial charge in [0, 0.05) is 36.6 Å². The Morgan fingerprint density at radius 3 is 2.59 bits per heavy atom. The van der Waals surface area contributed by atoms with E-state index in [-0.39, 0.29) is 0 Å². The third-order valence-electron chi connectivity index (χ3n) is 4.93. The molecule has 0 aliphatic heterocycles. The molecule has 5 nitrogen and oxygen atoms in total. The number of benzene rings is 1. The molecule has 27 heavy (non-hydrogen) atoms. The van der Waals surface area contributed by atoms with Gasteiger partial charge in [0.05, 0.1) is 5.69 Å². The SMILES string of the molecule is c1ccc(CCNc2cc(-c3cccnc3)nc(NC3CCCC3)n2)cc1. The van der Waals surface area contributed by atoms with Crippen LogP contribution in [-0.4, -0.2) is 27.5 Å². The molecule has 1 saturated carbocycles. The Kier molecular flexibility index (Phi) is 5.58. The first-order valence-corrected chi connectivity index (χ1v) is 9.71. The molecule has 2 aromatic heterocycles. The average molecular weight is 359 g/mol. The summed E-state index contributed by atoms with van der Waals surface area (Å²) >= 11 is 0. The van der Waals surface area contributed by atoms with E-state index in [0.29, 0.717) is 12.0 Å². The smallest absolute Gasteiger partial charge is 0.225 e. The number of hydrogen-bond acceptors (Lipinski definition) is 5. The van der Waals surface area contributed by atoms with Crippen LogP contribution in [0, 0.1) is 0 Å². The van der Waals surface area contributed by atoms with E-state index in [4.69, 9.17) is 9.97 Å². The van der Waals surface area contributed by atoms with Gasteiger partial charge < -0.3 is 10.6 Å². The Hall–Kier alpha value is -2.95. The third-order valence-corrected chi connectivity index (χ3v) is 4.93. The van der Waals surface area contributed by atoms with E-state index in [1.165, 1.54) is 31.2 Å². The van der Waals surface area contributed by atoms with Crippen LogP contribution in [0.4, 0.5) is 11.8 Å². The van der Waals surface area contributed by atoms with Gasteiger partial charge in [-0.05, 0) is 37.0 Å². The Morgan fingerprint density at radius 1 is 0.963 bits per heavy atom. The highest BCUT2D eigenvalue weighted by atomic mass is 15.2. The molecule has 3 aromatic rings. The van der Waals surface area contributed by atoms with Gasteiger partial charge in [0.1, 0.15) is 5.82 Å². The van der Waals surface area contributed by atoms with Crippen LogP contribution in [-0.2, 0) is 6.42 Å². The Labute approximate surface area is 160 Å². The summed E-state index contributed by atoms with van der Waals surface area (Å²) in [5.74, 6) is 1.55. The van der Waals surface area contributed by atoms with Gasteiger partial charge in [0.15, 0.2) is 0 Å². The minimum absolute atomic E-state index is 0.478. The summed E-state index contributed by atoms with van der Waals surface area (Å²) in [5, 5.41) is 6.97. The summed E-state index contributed by atoms with van der Waals surface area (Å²) in [7, 11) is 0. The summed E-state index contributed by atoms with van der Waals surface area (Å²) < 4.78 is 0. The van der Waals surface area contributed by atoms with Crippen LogP contribution in [0.25, 0.3) is 11.3 Å². The molecule has 1 aromatic carbocycles. The van der Waals surface area contributed by atoms with Gasteiger partial charge in [-0.1, -0.05) is 43.2 Å². The molecule has 138 valence electrons. The zero-order valence-electron chi connectivity index (χ0n) is 15.4. The molecule has 0 radical (unpaired) electrons. The van der Waals surface area contributed by atoms with Crippen molar-refractivity contribution in [1.82, 2.24) is 15.0 Å². The molecule has 0 spiro atoms. The molecule has 0 unspecified atom stereocenters. The first kappa shape index (κ1) is 17.5. The fourth-order valence-corrected chi connectivity index (χ4v) is 3.50. The Bertz CT molecular complexity index is 845. The molecule has 4 rings (SSSR count). The maximum atomic E-state index is 4.73. The van der Waals surface area contributed by atoms with E-state index in [0.717, 1.165) is 30.0 Å². The van der Waals surface area contributed by atoms with E-state index < -0.39 is 0 Å². The van der Waals surface area contributed by atoms with Crippen molar-refractivity contribution in [2.45, 2.75) is 38.1 Å². The van der Waals surface area contributed by atoms with E-state index in [9.17, 15) is 0 Å². The Balaban J connectivity index is 1.51. The first-order valence-electron chi connectivity index (χ1n) is 9.71. The number of anilines is 2. The lowest BCUT2D eigenvalue weighted by atomic mass is 10.1. The average Bonchev–Trinajstić information content (AvgIpc) is 3.22. The molecule has 1 aliphatic carbocycles. The normalized spacial score (nSPS) is 14.2. The molecule has 0 atom stereocenters. The third kappa shape index (κ3) is 4.82. The maximum Gasteiger partial charge on any atom is 0.225 e. The molecule has 2 heterocycles. The topological polar surface area (TPSA) is 62.7 Å². The zero-order valence-corrected chi connectivity index (χ0v) is 15.4. The number of nitrogens with one attached hydrogen (secondary N) is 2. The van der Waals surface area contributed by atoms with Crippen molar-refractivity contribution in [2.75, 3.05) is 17.2 Å². The second kappa shape index (κ2) is 8.62. The van der Waals surface area contributed by atoms with Crippen molar-refractivity contribution in [3.05, 3.63) is 66.5 Å². The highest BCUT2D eigenvalue weighted by molar-refractivity contribution is 5.63. The lowest BCUT2D eigenvalue weighted by molar-refractivity contribution is 0.744. The fourth-order valence-electron chi connectivity index (χ4n) is 3.50. The van der Waals surface area contributed by atoms with E-state index in [1.54, 1.807) is 6.20 Å². The maximum absolute atomic E-state index is 4.73. The zero-order chi connectivity index (χ0) is 18.3. The van der Waals surface area contributed by atoms with Crippen molar-refractivity contribution in [3.63, 3.8) is 0 Å². The summed E-state index contributed by atoms with van der Waals surface area (Å²) in [6, 6.07) is 16.9. The summed E-state index contributed by atoms with van der Waals surface area (Å²) in [6.45, 7) is 0.830. The monoisotopic (exact) mass is 359 g/mol. The molecule has 0 saturated heterocycles. The minimum atomic E-state index is 0.478. The standard InChI is InChI=1S/C22H25N5/c1-2-7-17(8-3-1)12-14-24-21-15-20(18-9-6-13-23-16-18)26-22(27-21)25-19-10-4-5-11-19/h1-3,6-9,13,15-16,19H,4-5,10-12,14H2,(H2,24,25,26,27). The lowest BCUT2D eigenvalue weighted by Crippen LogP contribution is -2.17. The van der Waals surface area contributed by atoms with Crippen LogP contribution in [0.1, 0.15) is 31.2 Å². The summed E-state index contributed by atoms with van der Waals surface area (Å²) in [6.07, 6.45) is 9.52. The molecule has 0 bridgehead atoms. The molecular formula is C22H25N5. The second-order valence-electron chi connectivity index (χ2n) is 6.99. The van der Waals surface area contributed by atoms with Crippen molar-refractivity contribution in [3.8, 4) is 11.3 Å². The number of aromatic nitrogens is 3. The number of nitrogens with zero attached hydrogens (tertiary/aromatic N) is 3. The van der Waals surface area contributed by atoms with Crippen molar-refractivity contribution >= 4 is 11.8 Å². The largest absolute Gasteiger partial charge is 0.370 e. The quantitative estimate of drug-likeness (QED) is 0.648. The first-order chi connectivity index (χ1) is 13.4. The van der Waals surface area contributed by atoms with Gasteiger partial charge in [0.25, 0.3) is 0 Å². The summed E-state index contributed by atoms with van der Waals surface area (Å²) in [4.78, 5) is 13.7. The van der Waals surface area contributed by atoms with Crippen LogP contribution in [0.3, 0.4) is 0 Å². The predicted octanol–water partition coefficient (Wildman–Crippen LogP) is 4.55. The summed E-state index contributed by atoms with van der Waals surface area (Å²) in [5.41, 5.74) is 3.21. The van der Waals surface area contributed by atoms with Crippen molar-refractivity contribution in [1.29, 1.82) is 0 Å². The van der Waals surface area contributed by atoms with E-state index in [1.807, 2.05) is 30.5 Å². The van der Waals surface area contributed by atoms with Gasteiger partial charge >= 0.3 is 0 Å². The van der Waals surface area contributed by atoms with Gasteiger partial charge in [-0.3, -0.25) is 4.98 Å². The van der Waals surface area contributed by atoms with Crippen LogP contribution < -0.4 is 10.6 Å². The molecule has 1 fully saturated rings. The van der Waals surface area contributed by atoms with Gasteiger partial charge in [0.2, 0.25) is 5.95 Å². The van der Waals surface area contributed by atoms with Gasteiger partial charge in [-0.15, -0.1) is 0 Å². The minimum Gasteiger partial charge on any atom is -0.370 e. The van der Waals surface area contributed by atoms with Gasteiger partial charge in [-0.2, -0.15) is 4.98 Å². The van der Waals surface area contributed by atoms with E-state index in [2.05, 4.69) is 39.9 Å². The predicted molar refractivity (Wildman–Crippen MR) is 110 cm³/mol. The van der Waals surface area contributed by atoms with Crippen LogP contribution in [0.2, 0.25) is 0 Å². The van der Waals surface area contributed by atoms with Crippen LogP contribution in [0.15, 0.2) is 60.9 Å². The Morgan fingerprint density at radius 2 is 1.81 bits per heavy atom. The number of hydrogen-bond donors (Lipinski definition) is 2. The molecule has 2 N–H and O–H groups in total. The second-order valence-corrected chi connectivity index (χ2v) is 6.99. The van der Waals surface area contributed by atoms with Crippen LogP contribution >= 0.6 is 0 Å². The molecule has 0 amide bonds. The molecule has 1 aliphatic rings. The lowest BCUT2D eigenvalue weighted by Gasteiger charge is -2.15. The van der Waals surface area contributed by atoms with E-state index >= 15 is 0 Å². The number of pyridine rings is 1.